The first-order valence-corrected chi connectivity index (χ1v) is 29.2. The van der Waals surface area contributed by atoms with Crippen molar-refractivity contribution < 1.29 is 24.5 Å². The summed E-state index contributed by atoms with van der Waals surface area (Å²) in [4.78, 5) is 24.5. The number of carbonyl (C=O) groups excluding carboxylic acids is 2. The fourth-order valence-electron chi connectivity index (χ4n) is 8.90. The summed E-state index contributed by atoms with van der Waals surface area (Å²) >= 11 is 0. The zero-order chi connectivity index (χ0) is 47.9. The van der Waals surface area contributed by atoms with E-state index in [0.717, 1.165) is 83.5 Å². The van der Waals surface area contributed by atoms with Crippen LogP contribution in [0.2, 0.25) is 0 Å². The molecule has 0 aromatic heterocycles. The van der Waals surface area contributed by atoms with Crippen LogP contribution in [0.4, 0.5) is 0 Å². The predicted molar refractivity (Wildman–Crippen MR) is 287 cm³/mol. The third kappa shape index (κ3) is 51.5. The fourth-order valence-corrected chi connectivity index (χ4v) is 8.90. The number of allylic oxidation sites excluding steroid dienone is 6. The standard InChI is InChI=1S/C60H113NO5/c1-3-5-7-9-11-13-15-17-19-20-23-26-30-34-38-42-46-50-54-60(65)66-55-51-47-43-39-35-31-27-24-21-22-25-29-33-37-41-45-49-53-59(64)61-57(56-62)58(63)52-48-44-40-36-32-28-18-16-14-12-10-8-6-4-2/h19-21,24,31,35,57-58,62-63H,3-18,22-23,25-30,32-34,36-56H2,1-2H3,(H,61,64)/b20-19-,24-21-,35-31-. The lowest BCUT2D eigenvalue weighted by Gasteiger charge is -2.22. The van der Waals surface area contributed by atoms with E-state index in [1.54, 1.807) is 0 Å². The van der Waals surface area contributed by atoms with Gasteiger partial charge in [-0.3, -0.25) is 9.59 Å². The summed E-state index contributed by atoms with van der Waals surface area (Å²) in [5.74, 6) is -0.0693. The van der Waals surface area contributed by atoms with Gasteiger partial charge in [-0.25, -0.2) is 0 Å². The first-order valence-electron chi connectivity index (χ1n) is 29.2. The molecule has 0 saturated heterocycles. The van der Waals surface area contributed by atoms with E-state index in [4.69, 9.17) is 4.74 Å². The molecular formula is C60H113NO5. The molecule has 0 bridgehead atoms. The van der Waals surface area contributed by atoms with Crippen LogP contribution in [0, 0.1) is 0 Å². The number of aliphatic hydroxyl groups excluding tert-OH is 2. The lowest BCUT2D eigenvalue weighted by molar-refractivity contribution is -0.143. The largest absolute Gasteiger partial charge is 0.466 e. The molecule has 2 atom stereocenters. The lowest BCUT2D eigenvalue weighted by atomic mass is 10.0. The first-order chi connectivity index (χ1) is 32.5. The van der Waals surface area contributed by atoms with Gasteiger partial charge in [0.1, 0.15) is 0 Å². The van der Waals surface area contributed by atoms with Crippen LogP contribution in [-0.2, 0) is 14.3 Å². The van der Waals surface area contributed by atoms with Gasteiger partial charge in [-0.1, -0.05) is 243 Å². The summed E-state index contributed by atoms with van der Waals surface area (Å²) in [7, 11) is 0. The maximum absolute atomic E-state index is 12.5. The molecule has 2 unspecified atom stereocenters. The third-order valence-corrected chi connectivity index (χ3v) is 13.4. The van der Waals surface area contributed by atoms with E-state index in [9.17, 15) is 19.8 Å². The normalized spacial score (nSPS) is 12.8. The second kappa shape index (κ2) is 55.7. The molecule has 6 nitrogen and oxygen atoms in total. The molecule has 0 aromatic carbocycles. The summed E-state index contributed by atoms with van der Waals surface area (Å²) < 4.78 is 5.46. The minimum absolute atomic E-state index is 0.0184. The predicted octanol–water partition coefficient (Wildman–Crippen LogP) is 18.0. The van der Waals surface area contributed by atoms with Gasteiger partial charge in [-0.05, 0) is 89.9 Å². The van der Waals surface area contributed by atoms with Crippen molar-refractivity contribution in [2.75, 3.05) is 13.2 Å². The van der Waals surface area contributed by atoms with Crippen molar-refractivity contribution in [3.05, 3.63) is 36.5 Å². The molecule has 0 spiro atoms. The molecule has 0 radical (unpaired) electrons. The van der Waals surface area contributed by atoms with Crippen LogP contribution >= 0.6 is 0 Å². The van der Waals surface area contributed by atoms with E-state index >= 15 is 0 Å². The van der Waals surface area contributed by atoms with Gasteiger partial charge in [0.2, 0.25) is 5.91 Å². The Labute approximate surface area is 411 Å². The van der Waals surface area contributed by atoms with Crippen LogP contribution in [0.1, 0.15) is 309 Å². The highest BCUT2D eigenvalue weighted by Crippen LogP contribution is 2.16. The first kappa shape index (κ1) is 64.1. The van der Waals surface area contributed by atoms with Crippen molar-refractivity contribution in [2.24, 2.45) is 0 Å². The number of nitrogens with one attached hydrogen (secondary N) is 1. The highest BCUT2D eigenvalue weighted by molar-refractivity contribution is 5.76. The maximum atomic E-state index is 12.5. The Hall–Kier alpha value is -1.92. The lowest BCUT2D eigenvalue weighted by Crippen LogP contribution is -2.45. The molecule has 1 amide bonds. The Morgan fingerprint density at radius 1 is 0.424 bits per heavy atom. The van der Waals surface area contributed by atoms with E-state index in [1.807, 2.05) is 0 Å². The Morgan fingerprint density at radius 3 is 1.17 bits per heavy atom. The molecule has 0 rings (SSSR count). The SMILES string of the molecule is CCCCCCCCC/C=C\CCCCCCCCCC(=O)OCCCCC/C=C\C/C=C\CCCCCCCCCC(=O)NC(CO)C(O)CCCCCCCCCCCCCCCC. The van der Waals surface area contributed by atoms with Gasteiger partial charge in [-0.2, -0.15) is 0 Å². The summed E-state index contributed by atoms with van der Waals surface area (Å²) in [6, 6.07) is -0.554. The average Bonchev–Trinajstić information content (AvgIpc) is 3.32. The van der Waals surface area contributed by atoms with E-state index in [2.05, 4.69) is 55.6 Å². The number of hydrogen-bond donors (Lipinski definition) is 3. The van der Waals surface area contributed by atoms with Crippen LogP contribution in [-0.4, -0.2) is 47.4 Å². The molecule has 0 aliphatic heterocycles. The van der Waals surface area contributed by atoms with Crippen LogP contribution in [0.3, 0.4) is 0 Å². The number of unbranched alkanes of at least 4 members (excludes halogenated alkanes) is 37. The second-order valence-electron chi connectivity index (χ2n) is 20.0. The van der Waals surface area contributed by atoms with Crippen LogP contribution < -0.4 is 5.32 Å². The van der Waals surface area contributed by atoms with E-state index in [-0.39, 0.29) is 18.5 Å². The van der Waals surface area contributed by atoms with E-state index < -0.39 is 12.1 Å². The van der Waals surface area contributed by atoms with Gasteiger partial charge in [0.15, 0.2) is 0 Å². The van der Waals surface area contributed by atoms with Crippen molar-refractivity contribution in [3.8, 4) is 0 Å². The zero-order valence-corrected chi connectivity index (χ0v) is 44.2. The molecule has 0 aromatic rings. The highest BCUT2D eigenvalue weighted by Gasteiger charge is 2.20. The van der Waals surface area contributed by atoms with Crippen molar-refractivity contribution in [1.82, 2.24) is 5.32 Å². The Morgan fingerprint density at radius 2 is 0.758 bits per heavy atom. The molecule has 0 aliphatic carbocycles. The number of rotatable bonds is 54. The minimum Gasteiger partial charge on any atom is -0.466 e. The van der Waals surface area contributed by atoms with Gasteiger partial charge in [0.25, 0.3) is 0 Å². The molecule has 0 fully saturated rings. The van der Waals surface area contributed by atoms with Crippen molar-refractivity contribution >= 4 is 11.9 Å². The van der Waals surface area contributed by atoms with Crippen molar-refractivity contribution in [2.45, 2.75) is 321 Å². The van der Waals surface area contributed by atoms with Gasteiger partial charge in [-0.15, -0.1) is 0 Å². The molecule has 0 aliphatic rings. The second-order valence-corrected chi connectivity index (χ2v) is 20.0. The van der Waals surface area contributed by atoms with Gasteiger partial charge >= 0.3 is 5.97 Å². The molecule has 0 saturated carbocycles. The molecule has 6 heteroatoms. The van der Waals surface area contributed by atoms with Gasteiger partial charge in [0.05, 0.1) is 25.4 Å². The summed E-state index contributed by atoms with van der Waals surface area (Å²) in [5, 5.41) is 23.2. The maximum Gasteiger partial charge on any atom is 0.305 e. The van der Waals surface area contributed by atoms with Crippen LogP contribution in [0.5, 0.6) is 0 Å². The van der Waals surface area contributed by atoms with Gasteiger partial charge < -0.3 is 20.3 Å². The topological polar surface area (TPSA) is 95.9 Å². The summed E-state index contributed by atoms with van der Waals surface area (Å²) in [6.07, 6.45) is 68.5. The Bertz CT molecular complexity index is 1070. The average molecular weight is 929 g/mol. The fraction of sp³-hybridized carbons (Fsp3) is 0.867. The smallest absolute Gasteiger partial charge is 0.305 e. The van der Waals surface area contributed by atoms with Crippen LogP contribution in [0.25, 0.3) is 0 Å². The monoisotopic (exact) mass is 928 g/mol. The molecular weight excluding hydrogens is 815 g/mol. The Balaban J connectivity index is 3.48. The van der Waals surface area contributed by atoms with Crippen molar-refractivity contribution in [1.29, 1.82) is 0 Å². The highest BCUT2D eigenvalue weighted by atomic mass is 16.5. The third-order valence-electron chi connectivity index (χ3n) is 13.4. The number of esters is 1. The number of amides is 1. The molecule has 388 valence electrons. The molecule has 0 heterocycles. The van der Waals surface area contributed by atoms with E-state index in [1.165, 1.54) is 193 Å². The van der Waals surface area contributed by atoms with Gasteiger partial charge in [0, 0.05) is 12.8 Å². The quantitative estimate of drug-likeness (QED) is 0.0321. The van der Waals surface area contributed by atoms with Crippen molar-refractivity contribution in [3.63, 3.8) is 0 Å². The summed E-state index contributed by atoms with van der Waals surface area (Å²) in [5.41, 5.74) is 0. The zero-order valence-electron chi connectivity index (χ0n) is 44.2. The van der Waals surface area contributed by atoms with E-state index in [0.29, 0.717) is 25.9 Å². The molecule has 3 N–H and O–H groups in total. The number of carbonyl (C=O) groups is 2. The number of hydrogen-bond acceptors (Lipinski definition) is 5. The number of aliphatic hydroxyl groups is 2. The number of ether oxygens (including phenoxy) is 1. The Kier molecular flexibility index (Phi) is 54.1. The summed E-state index contributed by atoms with van der Waals surface area (Å²) in [6.45, 7) is 4.91. The minimum atomic E-state index is -0.675. The van der Waals surface area contributed by atoms with Crippen LogP contribution in [0.15, 0.2) is 36.5 Å². The molecule has 66 heavy (non-hydrogen) atoms.